The lowest BCUT2D eigenvalue weighted by Gasteiger charge is -2.09. The average Bonchev–Trinajstić information content (AvgIpc) is 2.60. The van der Waals surface area contributed by atoms with Gasteiger partial charge in [0.2, 0.25) is 5.91 Å². The van der Waals surface area contributed by atoms with Crippen molar-refractivity contribution in [2.24, 2.45) is 11.7 Å². The third-order valence-corrected chi connectivity index (χ3v) is 3.49. The van der Waals surface area contributed by atoms with Crippen LogP contribution in [0.3, 0.4) is 0 Å². The monoisotopic (exact) mass is 326 g/mol. The quantitative estimate of drug-likeness (QED) is 0.757. The number of nitrogens with two attached hydrogens (primary N) is 1. The van der Waals surface area contributed by atoms with Crippen molar-refractivity contribution in [2.45, 2.75) is 26.9 Å². The zero-order valence-corrected chi connectivity index (χ0v) is 13.9. The van der Waals surface area contributed by atoms with Crippen molar-refractivity contribution in [3.63, 3.8) is 0 Å². The van der Waals surface area contributed by atoms with E-state index in [0.29, 0.717) is 24.3 Å². The fraction of sp³-hybridized carbons (Fsp3) is 0.278. The second-order valence-electron chi connectivity index (χ2n) is 5.76. The number of anilines is 1. The minimum Gasteiger partial charge on any atom is -0.348 e. The standard InChI is InChI=1S/C18H22N4O2/c1-12(2)17(23)22-15-5-3-13(4-6-15)11-21-18(24)14-7-8-20-16(9-14)10-19/h3-9,12H,10-11,19H2,1-2H3,(H,21,24)(H,22,23). The number of aromatic nitrogens is 1. The molecular weight excluding hydrogens is 304 g/mol. The number of benzene rings is 1. The molecule has 0 radical (unpaired) electrons. The Labute approximate surface area is 141 Å². The summed E-state index contributed by atoms with van der Waals surface area (Å²) < 4.78 is 0. The molecule has 0 unspecified atom stereocenters. The Bertz CT molecular complexity index is 711. The van der Waals surface area contributed by atoms with Gasteiger partial charge in [-0.15, -0.1) is 0 Å². The van der Waals surface area contributed by atoms with E-state index in [0.717, 1.165) is 11.3 Å². The van der Waals surface area contributed by atoms with Gasteiger partial charge in [-0.1, -0.05) is 26.0 Å². The molecule has 0 aliphatic rings. The Kier molecular flexibility index (Phi) is 6.03. The number of carbonyl (C=O) groups excluding carboxylic acids is 2. The molecule has 0 saturated heterocycles. The Morgan fingerprint density at radius 3 is 2.50 bits per heavy atom. The first-order valence-electron chi connectivity index (χ1n) is 7.82. The van der Waals surface area contributed by atoms with E-state index < -0.39 is 0 Å². The van der Waals surface area contributed by atoms with E-state index in [-0.39, 0.29) is 17.7 Å². The fourth-order valence-electron chi connectivity index (χ4n) is 2.01. The molecule has 1 heterocycles. The molecule has 2 aromatic rings. The van der Waals surface area contributed by atoms with Crippen LogP contribution >= 0.6 is 0 Å². The van der Waals surface area contributed by atoms with Crippen molar-refractivity contribution in [3.8, 4) is 0 Å². The molecule has 0 bridgehead atoms. The smallest absolute Gasteiger partial charge is 0.251 e. The lowest BCUT2D eigenvalue weighted by Crippen LogP contribution is -2.23. The lowest BCUT2D eigenvalue weighted by molar-refractivity contribution is -0.118. The van der Waals surface area contributed by atoms with Crippen molar-refractivity contribution in [1.82, 2.24) is 10.3 Å². The molecule has 0 fully saturated rings. The number of carbonyl (C=O) groups is 2. The summed E-state index contributed by atoms with van der Waals surface area (Å²) in [5.74, 6) is -0.267. The zero-order valence-electron chi connectivity index (χ0n) is 13.9. The molecule has 1 aromatic heterocycles. The van der Waals surface area contributed by atoms with Gasteiger partial charge < -0.3 is 16.4 Å². The first-order chi connectivity index (χ1) is 11.5. The number of rotatable bonds is 6. The summed E-state index contributed by atoms with van der Waals surface area (Å²) in [7, 11) is 0. The number of amides is 2. The normalized spacial score (nSPS) is 10.5. The largest absolute Gasteiger partial charge is 0.348 e. The minimum absolute atomic E-state index is 0.0237. The number of nitrogens with one attached hydrogen (secondary N) is 2. The van der Waals surface area contributed by atoms with Crippen molar-refractivity contribution in [1.29, 1.82) is 0 Å². The van der Waals surface area contributed by atoms with E-state index in [4.69, 9.17) is 5.73 Å². The molecule has 0 saturated carbocycles. The predicted molar refractivity (Wildman–Crippen MR) is 93.2 cm³/mol. The maximum Gasteiger partial charge on any atom is 0.251 e. The van der Waals surface area contributed by atoms with E-state index >= 15 is 0 Å². The molecule has 24 heavy (non-hydrogen) atoms. The summed E-state index contributed by atoms with van der Waals surface area (Å²) in [6, 6.07) is 10.7. The molecule has 126 valence electrons. The van der Waals surface area contributed by atoms with Crippen LogP contribution in [0.1, 0.15) is 35.5 Å². The highest BCUT2D eigenvalue weighted by molar-refractivity contribution is 5.94. The fourth-order valence-corrected chi connectivity index (χ4v) is 2.01. The van der Waals surface area contributed by atoms with Gasteiger partial charge in [0.25, 0.3) is 5.91 Å². The molecule has 6 nitrogen and oxygen atoms in total. The van der Waals surface area contributed by atoms with Crippen LogP contribution in [0.5, 0.6) is 0 Å². The summed E-state index contributed by atoms with van der Waals surface area (Å²) in [5, 5.41) is 5.68. The van der Waals surface area contributed by atoms with Crippen LogP contribution in [0, 0.1) is 5.92 Å². The van der Waals surface area contributed by atoms with E-state index in [2.05, 4.69) is 15.6 Å². The summed E-state index contributed by atoms with van der Waals surface area (Å²) in [5.41, 5.74) is 8.42. The number of nitrogens with zero attached hydrogens (tertiary/aromatic N) is 1. The Morgan fingerprint density at radius 2 is 1.88 bits per heavy atom. The second kappa shape index (κ2) is 8.21. The maximum absolute atomic E-state index is 12.1. The maximum atomic E-state index is 12.1. The highest BCUT2D eigenvalue weighted by Crippen LogP contribution is 2.11. The van der Waals surface area contributed by atoms with Crippen LogP contribution < -0.4 is 16.4 Å². The van der Waals surface area contributed by atoms with Crippen LogP contribution in [0.2, 0.25) is 0 Å². The van der Waals surface area contributed by atoms with Gasteiger partial charge in [-0.3, -0.25) is 14.6 Å². The van der Waals surface area contributed by atoms with Crippen LogP contribution in [-0.4, -0.2) is 16.8 Å². The summed E-state index contributed by atoms with van der Waals surface area (Å²) in [6.45, 7) is 4.38. The molecule has 2 rings (SSSR count). The molecule has 4 N–H and O–H groups in total. The highest BCUT2D eigenvalue weighted by atomic mass is 16.2. The third kappa shape index (κ3) is 4.89. The Balaban J connectivity index is 1.92. The Hall–Kier alpha value is -2.73. The van der Waals surface area contributed by atoms with Crippen molar-refractivity contribution >= 4 is 17.5 Å². The van der Waals surface area contributed by atoms with E-state index in [1.54, 1.807) is 18.3 Å². The number of hydrogen-bond acceptors (Lipinski definition) is 4. The topological polar surface area (TPSA) is 97.1 Å². The van der Waals surface area contributed by atoms with Crippen molar-refractivity contribution in [2.75, 3.05) is 5.32 Å². The van der Waals surface area contributed by atoms with Gasteiger partial charge in [0.05, 0.1) is 5.69 Å². The highest BCUT2D eigenvalue weighted by Gasteiger charge is 2.08. The van der Waals surface area contributed by atoms with Gasteiger partial charge in [-0.05, 0) is 29.8 Å². The van der Waals surface area contributed by atoms with Gasteiger partial charge in [-0.2, -0.15) is 0 Å². The molecule has 0 spiro atoms. The van der Waals surface area contributed by atoms with Crippen molar-refractivity contribution in [3.05, 3.63) is 59.4 Å². The number of pyridine rings is 1. The minimum atomic E-state index is -0.177. The molecule has 6 heteroatoms. The molecule has 0 aliphatic carbocycles. The van der Waals surface area contributed by atoms with E-state index in [1.165, 1.54) is 0 Å². The van der Waals surface area contributed by atoms with Crippen LogP contribution in [0.15, 0.2) is 42.6 Å². The van der Waals surface area contributed by atoms with Gasteiger partial charge in [0.1, 0.15) is 0 Å². The number of hydrogen-bond donors (Lipinski definition) is 3. The molecule has 1 aromatic carbocycles. The molecule has 2 amide bonds. The van der Waals surface area contributed by atoms with Crippen molar-refractivity contribution < 1.29 is 9.59 Å². The zero-order chi connectivity index (χ0) is 17.5. The SMILES string of the molecule is CC(C)C(=O)Nc1ccc(CNC(=O)c2ccnc(CN)c2)cc1. The van der Waals surface area contributed by atoms with Gasteiger partial charge >= 0.3 is 0 Å². The van der Waals surface area contributed by atoms with Gasteiger partial charge in [0.15, 0.2) is 0 Å². The first kappa shape index (κ1) is 17.6. The van der Waals surface area contributed by atoms with E-state index in [1.807, 2.05) is 38.1 Å². The summed E-state index contributed by atoms with van der Waals surface area (Å²) in [6.07, 6.45) is 1.57. The molecule has 0 atom stereocenters. The van der Waals surface area contributed by atoms with Crippen LogP contribution in [0.25, 0.3) is 0 Å². The average molecular weight is 326 g/mol. The summed E-state index contributed by atoms with van der Waals surface area (Å²) in [4.78, 5) is 27.8. The third-order valence-electron chi connectivity index (χ3n) is 3.49. The molecule has 0 aliphatic heterocycles. The first-order valence-corrected chi connectivity index (χ1v) is 7.82. The van der Waals surface area contributed by atoms with E-state index in [9.17, 15) is 9.59 Å². The Morgan fingerprint density at radius 1 is 1.17 bits per heavy atom. The van der Waals surface area contributed by atoms with Gasteiger partial charge in [0, 0.05) is 36.5 Å². The predicted octanol–water partition coefficient (Wildman–Crippen LogP) is 2.06. The molecular formula is C18H22N4O2. The van der Waals surface area contributed by atoms with Crippen LogP contribution in [-0.2, 0) is 17.9 Å². The van der Waals surface area contributed by atoms with Gasteiger partial charge in [-0.25, -0.2) is 0 Å². The van der Waals surface area contributed by atoms with Crippen LogP contribution in [0.4, 0.5) is 5.69 Å². The second-order valence-corrected chi connectivity index (χ2v) is 5.76. The lowest BCUT2D eigenvalue weighted by atomic mass is 10.1. The summed E-state index contributed by atoms with van der Waals surface area (Å²) >= 11 is 0.